The zero-order chi connectivity index (χ0) is 37.9. The van der Waals surface area contributed by atoms with Crippen molar-refractivity contribution in [2.75, 3.05) is 0 Å². The normalized spacial score (nSPS) is 12.5. The number of pyridine rings is 1. The quantitative estimate of drug-likeness (QED) is 0.170. The molecular formula is C48H56N3OPt-. The largest absolute Gasteiger partial charge is 0.507 e. The van der Waals surface area contributed by atoms with Crippen molar-refractivity contribution in [2.45, 2.75) is 118 Å². The summed E-state index contributed by atoms with van der Waals surface area (Å²) >= 11 is 0. The van der Waals surface area contributed by atoms with E-state index in [2.05, 4.69) is 149 Å². The standard InChI is InChI=1S/C48H56N3O.Pt/c1-29(2)32-20-18-21-33(30(3)4)44(32)51-41-26-31(46(5,6)7)25-36(43(41)50-45(51)34-19-14-15-23-42(34)52)35-27-37(40-22-16-17-24-49-40)39(48(11,12)13)28-38(35)47(8,9)10;/h14-26,28-30,52H,1-13H3;/q-1;. The van der Waals surface area contributed by atoms with Gasteiger partial charge in [-0.25, -0.2) is 4.98 Å². The maximum atomic E-state index is 11.4. The first kappa shape index (κ1) is 40.2. The van der Waals surface area contributed by atoms with E-state index in [-0.39, 0.29) is 54.9 Å². The fourth-order valence-corrected chi connectivity index (χ4v) is 7.30. The molecule has 0 saturated carbocycles. The zero-order valence-corrected chi connectivity index (χ0v) is 36.1. The third-order valence-electron chi connectivity index (χ3n) is 10.2. The van der Waals surface area contributed by atoms with Gasteiger partial charge in [0.25, 0.3) is 0 Å². The number of nitrogens with zero attached hydrogens (tertiary/aromatic N) is 3. The first-order chi connectivity index (χ1) is 24.3. The smallest absolute Gasteiger partial charge is 0.148 e. The molecule has 0 aliphatic carbocycles. The fraction of sp³-hybridized carbons (Fsp3) is 0.375. The number of rotatable bonds is 6. The van der Waals surface area contributed by atoms with Gasteiger partial charge in [-0.1, -0.05) is 150 Å². The molecule has 0 spiro atoms. The van der Waals surface area contributed by atoms with E-state index in [1.807, 2.05) is 30.5 Å². The monoisotopic (exact) mass is 885 g/mol. The van der Waals surface area contributed by atoms with Gasteiger partial charge < -0.3 is 5.11 Å². The summed E-state index contributed by atoms with van der Waals surface area (Å²) in [7, 11) is 0. The van der Waals surface area contributed by atoms with Crippen molar-refractivity contribution in [3.05, 3.63) is 119 Å². The molecule has 6 rings (SSSR count). The Hall–Kier alpha value is -4.01. The second kappa shape index (κ2) is 14.7. The number of aromatic hydroxyl groups is 1. The zero-order valence-electron chi connectivity index (χ0n) is 33.8. The van der Waals surface area contributed by atoms with E-state index in [0.29, 0.717) is 5.56 Å². The molecule has 2 aromatic heterocycles. The Morgan fingerprint density at radius 1 is 0.642 bits per heavy atom. The Bertz CT molecular complexity index is 2230. The van der Waals surface area contributed by atoms with Crippen LogP contribution in [0.4, 0.5) is 0 Å². The van der Waals surface area contributed by atoms with Crippen LogP contribution in [0.3, 0.4) is 0 Å². The Kier molecular flexibility index (Phi) is 11.1. The molecule has 0 saturated heterocycles. The molecule has 5 heteroatoms. The molecule has 0 fully saturated rings. The number of fused-ring (bicyclic) bond motifs is 1. The number of benzene rings is 4. The van der Waals surface area contributed by atoms with Crippen LogP contribution in [-0.2, 0) is 37.3 Å². The Morgan fingerprint density at radius 2 is 1.23 bits per heavy atom. The van der Waals surface area contributed by atoms with Gasteiger partial charge in [0.1, 0.15) is 11.6 Å². The van der Waals surface area contributed by atoms with Gasteiger partial charge in [-0.15, -0.1) is 28.8 Å². The van der Waals surface area contributed by atoms with Crippen LogP contribution >= 0.6 is 0 Å². The SMILES string of the molecule is CC(C)c1cccc(C(C)C)c1-n1c(-c2ccccc2O)nc2c(-c3[c-]c(-c4ccccn4)c(C(C)(C)C)cc3C(C)(C)C)cc(C(C)(C)C)cc21.[Pt]. The summed E-state index contributed by atoms with van der Waals surface area (Å²) in [6, 6.07) is 31.5. The number of para-hydroxylation sites is 2. The first-order valence-electron chi connectivity index (χ1n) is 18.8. The van der Waals surface area contributed by atoms with E-state index in [0.717, 1.165) is 44.9 Å². The van der Waals surface area contributed by atoms with Crippen LogP contribution in [0.15, 0.2) is 85.1 Å². The molecule has 0 amide bonds. The minimum atomic E-state index is -0.198. The van der Waals surface area contributed by atoms with Crippen LogP contribution in [0.2, 0.25) is 0 Å². The molecule has 0 aliphatic rings. The molecule has 53 heavy (non-hydrogen) atoms. The molecule has 4 aromatic carbocycles. The third kappa shape index (κ3) is 7.68. The molecule has 6 aromatic rings. The topological polar surface area (TPSA) is 50.9 Å². The molecule has 0 aliphatic heterocycles. The Labute approximate surface area is 332 Å². The number of imidazole rings is 1. The molecule has 0 atom stereocenters. The third-order valence-corrected chi connectivity index (χ3v) is 10.2. The number of phenolic OH excluding ortho intramolecular Hbond substituents is 1. The minimum Gasteiger partial charge on any atom is -0.507 e. The molecule has 2 heterocycles. The maximum absolute atomic E-state index is 11.4. The van der Waals surface area contributed by atoms with Crippen LogP contribution in [0.5, 0.6) is 5.75 Å². The van der Waals surface area contributed by atoms with Crippen molar-refractivity contribution in [3.63, 3.8) is 0 Å². The average molecular weight is 886 g/mol. The van der Waals surface area contributed by atoms with Gasteiger partial charge >= 0.3 is 0 Å². The Morgan fingerprint density at radius 3 is 1.75 bits per heavy atom. The molecule has 0 radical (unpaired) electrons. The van der Waals surface area contributed by atoms with E-state index in [1.165, 1.54) is 27.8 Å². The van der Waals surface area contributed by atoms with Crippen LogP contribution in [0.25, 0.3) is 50.5 Å². The summed E-state index contributed by atoms with van der Waals surface area (Å²) in [5.74, 6) is 1.46. The predicted octanol–water partition coefficient (Wildman–Crippen LogP) is 13.1. The fourth-order valence-electron chi connectivity index (χ4n) is 7.30. The number of phenols is 1. The van der Waals surface area contributed by atoms with E-state index in [1.54, 1.807) is 6.07 Å². The van der Waals surface area contributed by atoms with Crippen LogP contribution in [-0.4, -0.2) is 19.6 Å². The van der Waals surface area contributed by atoms with Gasteiger partial charge in [0.05, 0.1) is 22.3 Å². The van der Waals surface area contributed by atoms with E-state index in [4.69, 9.17) is 9.97 Å². The summed E-state index contributed by atoms with van der Waals surface area (Å²) in [6.45, 7) is 29.5. The predicted molar refractivity (Wildman–Crippen MR) is 220 cm³/mol. The molecule has 280 valence electrons. The summed E-state index contributed by atoms with van der Waals surface area (Å²) in [5.41, 5.74) is 13.4. The van der Waals surface area contributed by atoms with Crippen LogP contribution in [0.1, 0.15) is 130 Å². The van der Waals surface area contributed by atoms with E-state index >= 15 is 0 Å². The summed E-state index contributed by atoms with van der Waals surface area (Å²) in [5, 5.41) is 11.4. The van der Waals surface area contributed by atoms with Crippen molar-refractivity contribution in [3.8, 4) is 45.2 Å². The average Bonchev–Trinajstić information content (AvgIpc) is 3.45. The number of hydrogen-bond acceptors (Lipinski definition) is 3. The van der Waals surface area contributed by atoms with Gasteiger partial charge in [0.2, 0.25) is 0 Å². The molecule has 4 nitrogen and oxygen atoms in total. The van der Waals surface area contributed by atoms with E-state index in [9.17, 15) is 5.11 Å². The van der Waals surface area contributed by atoms with Gasteiger partial charge in [0.15, 0.2) is 0 Å². The van der Waals surface area contributed by atoms with Crippen molar-refractivity contribution in [2.24, 2.45) is 0 Å². The van der Waals surface area contributed by atoms with Gasteiger partial charge in [0, 0.05) is 33.0 Å². The van der Waals surface area contributed by atoms with E-state index < -0.39 is 0 Å². The van der Waals surface area contributed by atoms with Crippen molar-refractivity contribution >= 4 is 11.0 Å². The molecular weight excluding hydrogens is 830 g/mol. The Balaban J connectivity index is 0.00000541. The van der Waals surface area contributed by atoms with Crippen molar-refractivity contribution in [1.29, 1.82) is 0 Å². The van der Waals surface area contributed by atoms with Crippen LogP contribution < -0.4 is 0 Å². The number of hydrogen-bond donors (Lipinski definition) is 1. The molecule has 0 unspecified atom stereocenters. The summed E-state index contributed by atoms with van der Waals surface area (Å²) in [4.78, 5) is 10.4. The second-order valence-corrected chi connectivity index (χ2v) is 18.1. The van der Waals surface area contributed by atoms with Crippen LogP contribution in [0, 0.1) is 6.07 Å². The second-order valence-electron chi connectivity index (χ2n) is 18.1. The molecule has 1 N–H and O–H groups in total. The van der Waals surface area contributed by atoms with Gasteiger partial charge in [-0.3, -0.25) is 9.55 Å². The first-order valence-corrected chi connectivity index (χ1v) is 18.8. The maximum Gasteiger partial charge on any atom is 0.148 e. The number of aromatic nitrogens is 3. The molecule has 0 bridgehead atoms. The summed E-state index contributed by atoms with van der Waals surface area (Å²) < 4.78 is 2.34. The minimum absolute atomic E-state index is 0. The van der Waals surface area contributed by atoms with Gasteiger partial charge in [-0.2, -0.15) is 0 Å². The van der Waals surface area contributed by atoms with Gasteiger partial charge in [-0.05, 0) is 69.0 Å². The van der Waals surface area contributed by atoms with Crippen molar-refractivity contribution in [1.82, 2.24) is 14.5 Å². The summed E-state index contributed by atoms with van der Waals surface area (Å²) in [6.07, 6.45) is 1.87. The van der Waals surface area contributed by atoms with Crippen molar-refractivity contribution < 1.29 is 26.2 Å².